The lowest BCUT2D eigenvalue weighted by atomic mass is 10.1. The highest BCUT2D eigenvalue weighted by Crippen LogP contribution is 2.32. The summed E-state index contributed by atoms with van der Waals surface area (Å²) in [5, 5.41) is 3.22. The number of ether oxygens (including phenoxy) is 1. The second-order valence-electron chi connectivity index (χ2n) is 4.25. The summed E-state index contributed by atoms with van der Waals surface area (Å²) in [6, 6.07) is 7.95. The van der Waals surface area contributed by atoms with Crippen LogP contribution < -0.4 is 10.5 Å². The molecule has 0 aliphatic rings. The topological polar surface area (TPSA) is 48.1 Å². The van der Waals surface area contributed by atoms with Gasteiger partial charge in [0.15, 0.2) is 0 Å². The number of methoxy groups -OCH3 is 1. The molecule has 3 nitrogen and oxygen atoms in total. The molecular weight excluding hydrogens is 244 g/mol. The molecule has 1 atom stereocenters. The molecule has 0 radical (unpaired) electrons. The van der Waals surface area contributed by atoms with Crippen molar-refractivity contribution in [2.45, 2.75) is 19.3 Å². The summed E-state index contributed by atoms with van der Waals surface area (Å²) >= 11 is 1.69. The molecule has 0 amide bonds. The van der Waals surface area contributed by atoms with Crippen LogP contribution in [0.25, 0.3) is 11.3 Å². The highest BCUT2D eigenvalue weighted by Gasteiger charge is 2.13. The molecular formula is C14H18N2OS. The second kappa shape index (κ2) is 5.98. The number of hydrogen-bond donors (Lipinski definition) is 1. The minimum absolute atomic E-state index is 0.420. The Morgan fingerprint density at radius 3 is 2.89 bits per heavy atom. The third kappa shape index (κ3) is 2.71. The number of hydrogen-bond acceptors (Lipinski definition) is 4. The van der Waals surface area contributed by atoms with E-state index in [1.54, 1.807) is 18.4 Å². The monoisotopic (exact) mass is 262 g/mol. The number of nitrogens with zero attached hydrogens (tertiary/aromatic N) is 1. The van der Waals surface area contributed by atoms with E-state index in [0.717, 1.165) is 28.4 Å². The van der Waals surface area contributed by atoms with Gasteiger partial charge in [-0.1, -0.05) is 19.1 Å². The molecule has 1 unspecified atom stereocenters. The van der Waals surface area contributed by atoms with E-state index < -0.39 is 0 Å². The largest absolute Gasteiger partial charge is 0.496 e. The summed E-state index contributed by atoms with van der Waals surface area (Å²) in [5.41, 5.74) is 7.61. The van der Waals surface area contributed by atoms with Gasteiger partial charge < -0.3 is 10.5 Å². The summed E-state index contributed by atoms with van der Waals surface area (Å²) < 4.78 is 5.36. The van der Waals surface area contributed by atoms with Gasteiger partial charge in [0.2, 0.25) is 0 Å². The van der Waals surface area contributed by atoms with Crippen molar-refractivity contribution >= 4 is 11.3 Å². The van der Waals surface area contributed by atoms with Crippen molar-refractivity contribution in [1.29, 1.82) is 0 Å². The fraction of sp³-hybridized carbons (Fsp3) is 0.357. The van der Waals surface area contributed by atoms with Gasteiger partial charge in [-0.2, -0.15) is 0 Å². The first-order chi connectivity index (χ1) is 8.76. The Kier molecular flexibility index (Phi) is 4.33. The van der Waals surface area contributed by atoms with Gasteiger partial charge in [0.05, 0.1) is 17.8 Å². The summed E-state index contributed by atoms with van der Waals surface area (Å²) in [6.07, 6.45) is 0.971. The zero-order valence-electron chi connectivity index (χ0n) is 10.7. The molecule has 0 bridgehead atoms. The van der Waals surface area contributed by atoms with E-state index >= 15 is 0 Å². The van der Waals surface area contributed by atoms with Crippen molar-refractivity contribution in [3.63, 3.8) is 0 Å². The molecule has 1 heterocycles. The van der Waals surface area contributed by atoms with Crippen LogP contribution in [0.3, 0.4) is 0 Å². The van der Waals surface area contributed by atoms with Gasteiger partial charge in [-0.3, -0.25) is 0 Å². The van der Waals surface area contributed by atoms with Gasteiger partial charge in [0, 0.05) is 16.9 Å². The predicted octanol–water partition coefficient (Wildman–Crippen LogP) is 3.27. The third-order valence-electron chi connectivity index (χ3n) is 2.93. The predicted molar refractivity (Wildman–Crippen MR) is 76.2 cm³/mol. The Balaban J connectivity index is 2.29. The van der Waals surface area contributed by atoms with Crippen LogP contribution in [0.5, 0.6) is 5.75 Å². The van der Waals surface area contributed by atoms with Gasteiger partial charge in [-0.15, -0.1) is 11.3 Å². The van der Waals surface area contributed by atoms with Crippen LogP contribution in [0.2, 0.25) is 0 Å². The quantitative estimate of drug-likeness (QED) is 0.899. The van der Waals surface area contributed by atoms with Crippen LogP contribution >= 0.6 is 11.3 Å². The maximum Gasteiger partial charge on any atom is 0.128 e. The fourth-order valence-electron chi connectivity index (χ4n) is 1.87. The average Bonchev–Trinajstić information content (AvgIpc) is 2.88. The molecule has 0 saturated heterocycles. The van der Waals surface area contributed by atoms with Gasteiger partial charge in [0.1, 0.15) is 5.75 Å². The van der Waals surface area contributed by atoms with Crippen LogP contribution in [-0.4, -0.2) is 18.6 Å². The molecule has 2 aromatic rings. The van der Waals surface area contributed by atoms with E-state index in [0.29, 0.717) is 12.5 Å². The zero-order chi connectivity index (χ0) is 13.0. The van der Waals surface area contributed by atoms with E-state index in [1.807, 2.05) is 24.3 Å². The number of nitrogens with two attached hydrogens (primary N) is 1. The molecule has 4 heteroatoms. The molecule has 2 N–H and O–H groups in total. The number of thiazole rings is 1. The minimum atomic E-state index is 0.420. The van der Waals surface area contributed by atoms with Crippen molar-refractivity contribution in [3.8, 4) is 17.0 Å². The van der Waals surface area contributed by atoms with Crippen molar-refractivity contribution in [2.24, 2.45) is 5.73 Å². The first-order valence-corrected chi connectivity index (χ1v) is 6.93. The summed E-state index contributed by atoms with van der Waals surface area (Å²) in [5.74, 6) is 1.28. The van der Waals surface area contributed by atoms with Gasteiger partial charge in [-0.05, 0) is 25.1 Å². The van der Waals surface area contributed by atoms with Crippen molar-refractivity contribution in [3.05, 3.63) is 34.7 Å². The van der Waals surface area contributed by atoms with Crippen LogP contribution in [0.15, 0.2) is 29.6 Å². The minimum Gasteiger partial charge on any atom is -0.496 e. The lowest BCUT2D eigenvalue weighted by Gasteiger charge is -2.06. The average molecular weight is 262 g/mol. The molecule has 0 fully saturated rings. The lowest BCUT2D eigenvalue weighted by molar-refractivity contribution is 0.416. The summed E-state index contributed by atoms with van der Waals surface area (Å²) in [7, 11) is 1.68. The SMILES string of the molecule is COc1ccccc1-c1csc(C(C)CCN)n1. The Bertz CT molecular complexity index is 510. The molecule has 1 aromatic heterocycles. The van der Waals surface area contributed by atoms with Crippen LogP contribution in [0.1, 0.15) is 24.3 Å². The molecule has 2 rings (SSSR count). The van der Waals surface area contributed by atoms with E-state index in [1.165, 1.54) is 0 Å². The molecule has 1 aromatic carbocycles. The van der Waals surface area contributed by atoms with Crippen molar-refractivity contribution < 1.29 is 4.74 Å². The van der Waals surface area contributed by atoms with Gasteiger partial charge in [0.25, 0.3) is 0 Å². The zero-order valence-corrected chi connectivity index (χ0v) is 11.5. The van der Waals surface area contributed by atoms with Crippen molar-refractivity contribution in [2.75, 3.05) is 13.7 Å². The van der Waals surface area contributed by atoms with E-state index in [9.17, 15) is 0 Å². The number of benzene rings is 1. The molecule has 0 saturated carbocycles. The summed E-state index contributed by atoms with van der Waals surface area (Å²) in [4.78, 5) is 4.69. The van der Waals surface area contributed by atoms with Crippen LogP contribution in [-0.2, 0) is 0 Å². The molecule has 18 heavy (non-hydrogen) atoms. The number of para-hydroxylation sites is 1. The maximum absolute atomic E-state index is 5.59. The maximum atomic E-state index is 5.59. The van der Waals surface area contributed by atoms with Crippen LogP contribution in [0, 0.1) is 0 Å². The Morgan fingerprint density at radius 2 is 2.17 bits per heavy atom. The Hall–Kier alpha value is -1.39. The molecule has 0 aliphatic heterocycles. The number of aromatic nitrogens is 1. The summed E-state index contributed by atoms with van der Waals surface area (Å²) in [6.45, 7) is 2.86. The lowest BCUT2D eigenvalue weighted by Crippen LogP contribution is -2.04. The van der Waals surface area contributed by atoms with E-state index in [4.69, 9.17) is 15.5 Å². The van der Waals surface area contributed by atoms with Gasteiger partial charge >= 0.3 is 0 Å². The first kappa shape index (κ1) is 13.1. The van der Waals surface area contributed by atoms with Crippen molar-refractivity contribution in [1.82, 2.24) is 4.98 Å². The van der Waals surface area contributed by atoms with E-state index in [2.05, 4.69) is 12.3 Å². The highest BCUT2D eigenvalue weighted by molar-refractivity contribution is 7.10. The van der Waals surface area contributed by atoms with Crippen LogP contribution in [0.4, 0.5) is 0 Å². The van der Waals surface area contributed by atoms with E-state index in [-0.39, 0.29) is 0 Å². The number of rotatable bonds is 5. The molecule has 0 spiro atoms. The third-order valence-corrected chi connectivity index (χ3v) is 4.00. The standard InChI is InChI=1S/C14H18N2OS/c1-10(7-8-15)14-16-12(9-18-14)11-5-3-4-6-13(11)17-2/h3-6,9-10H,7-8,15H2,1-2H3. The first-order valence-electron chi connectivity index (χ1n) is 6.05. The Morgan fingerprint density at radius 1 is 1.39 bits per heavy atom. The fourth-order valence-corrected chi connectivity index (χ4v) is 2.78. The normalized spacial score (nSPS) is 12.4. The van der Waals surface area contributed by atoms with Gasteiger partial charge in [-0.25, -0.2) is 4.98 Å². The molecule has 0 aliphatic carbocycles. The second-order valence-corrected chi connectivity index (χ2v) is 5.14. The smallest absolute Gasteiger partial charge is 0.128 e. The Labute approximate surface area is 112 Å². The highest BCUT2D eigenvalue weighted by atomic mass is 32.1. The molecule has 96 valence electrons.